The molecule has 9 nitrogen and oxygen atoms in total. The van der Waals surface area contributed by atoms with E-state index in [1.54, 1.807) is 6.07 Å². The molecule has 0 unspecified atom stereocenters. The van der Waals surface area contributed by atoms with E-state index in [1.807, 2.05) is 0 Å². The molecule has 9 heteroatoms. The molecule has 1 aromatic heterocycles. The SMILES string of the molecule is O=C(O)[C@@H]1CC[C@H](Nc2ccc([N+](=O)[O-])c3nonc23)C1. The highest BCUT2D eigenvalue weighted by atomic mass is 16.6. The number of aromatic nitrogens is 2. The van der Waals surface area contributed by atoms with Crippen molar-refractivity contribution in [3.8, 4) is 0 Å². The van der Waals surface area contributed by atoms with Crippen molar-refractivity contribution in [3.63, 3.8) is 0 Å². The highest BCUT2D eigenvalue weighted by molar-refractivity contribution is 5.93. The summed E-state index contributed by atoms with van der Waals surface area (Å²) in [5.74, 6) is -1.15. The van der Waals surface area contributed by atoms with Crippen molar-refractivity contribution in [2.24, 2.45) is 5.92 Å². The summed E-state index contributed by atoms with van der Waals surface area (Å²) in [6, 6.07) is 2.87. The maximum Gasteiger partial charge on any atom is 0.306 e. The molecular formula is C12H12N4O5. The molecule has 1 heterocycles. The van der Waals surface area contributed by atoms with Crippen LogP contribution in [0.5, 0.6) is 0 Å². The van der Waals surface area contributed by atoms with Gasteiger partial charge in [-0.1, -0.05) is 0 Å². The van der Waals surface area contributed by atoms with Crippen molar-refractivity contribution >= 4 is 28.4 Å². The lowest BCUT2D eigenvalue weighted by Crippen LogP contribution is -2.18. The predicted molar refractivity (Wildman–Crippen MR) is 70.8 cm³/mol. The number of carboxylic acid groups (broad SMARTS) is 1. The third-order valence-electron chi connectivity index (χ3n) is 3.73. The fraction of sp³-hybridized carbons (Fsp3) is 0.417. The lowest BCUT2D eigenvalue weighted by molar-refractivity contribution is -0.383. The average Bonchev–Trinajstić information content (AvgIpc) is 3.06. The standard InChI is InChI=1S/C12H12N4O5/c17-12(18)6-1-2-7(5-6)13-8-3-4-9(16(19)20)11-10(8)14-21-15-11/h3-4,6-7,13H,1-2,5H2,(H,17,18)/t6-,7+/m1/s1. The van der Waals surface area contributed by atoms with Crippen LogP contribution in [-0.2, 0) is 4.79 Å². The molecule has 21 heavy (non-hydrogen) atoms. The van der Waals surface area contributed by atoms with Gasteiger partial charge in [0.15, 0.2) is 5.52 Å². The van der Waals surface area contributed by atoms with Gasteiger partial charge < -0.3 is 10.4 Å². The van der Waals surface area contributed by atoms with Crippen molar-refractivity contribution in [2.75, 3.05) is 5.32 Å². The maximum absolute atomic E-state index is 11.0. The third-order valence-corrected chi connectivity index (χ3v) is 3.73. The molecule has 110 valence electrons. The molecule has 2 atom stereocenters. The summed E-state index contributed by atoms with van der Waals surface area (Å²) < 4.78 is 4.58. The zero-order valence-electron chi connectivity index (χ0n) is 10.9. The minimum atomic E-state index is -0.795. The number of hydrogen-bond donors (Lipinski definition) is 2. The number of fused-ring (bicyclic) bond motifs is 1. The van der Waals surface area contributed by atoms with Crippen LogP contribution in [0.1, 0.15) is 19.3 Å². The molecule has 2 N–H and O–H groups in total. The average molecular weight is 292 g/mol. The first-order chi connectivity index (χ1) is 10.1. The Labute approximate surface area is 118 Å². The van der Waals surface area contributed by atoms with Gasteiger partial charge in [-0.2, -0.15) is 0 Å². The smallest absolute Gasteiger partial charge is 0.306 e. The second-order valence-electron chi connectivity index (χ2n) is 5.04. The highest BCUT2D eigenvalue weighted by Crippen LogP contribution is 2.33. The normalized spacial score (nSPS) is 21.5. The Morgan fingerprint density at radius 2 is 2.14 bits per heavy atom. The molecule has 0 aliphatic heterocycles. The van der Waals surface area contributed by atoms with Crippen LogP contribution in [0.4, 0.5) is 11.4 Å². The quantitative estimate of drug-likeness (QED) is 0.644. The molecule has 3 rings (SSSR count). The Kier molecular flexibility index (Phi) is 3.16. The van der Waals surface area contributed by atoms with Crippen molar-refractivity contribution < 1.29 is 19.5 Å². The summed E-state index contributed by atoms with van der Waals surface area (Å²) in [7, 11) is 0. The number of anilines is 1. The number of non-ortho nitro benzene ring substituents is 1. The number of rotatable bonds is 4. The summed E-state index contributed by atoms with van der Waals surface area (Å²) in [5, 5.41) is 30.3. The number of hydrogen-bond acceptors (Lipinski definition) is 7. The zero-order chi connectivity index (χ0) is 15.0. The molecular weight excluding hydrogens is 280 g/mol. The van der Waals surface area contributed by atoms with E-state index in [0.29, 0.717) is 18.5 Å². The van der Waals surface area contributed by atoms with Gasteiger partial charge in [-0.25, -0.2) is 4.63 Å². The number of carboxylic acids is 1. The molecule has 0 amide bonds. The fourth-order valence-electron chi connectivity index (χ4n) is 2.67. The molecule has 1 aliphatic carbocycles. The van der Waals surface area contributed by atoms with Crippen LogP contribution >= 0.6 is 0 Å². The Hall–Kier alpha value is -2.71. The summed E-state index contributed by atoms with van der Waals surface area (Å²) in [4.78, 5) is 21.3. The lowest BCUT2D eigenvalue weighted by Gasteiger charge is -2.13. The largest absolute Gasteiger partial charge is 0.481 e. The third kappa shape index (κ3) is 2.37. The van der Waals surface area contributed by atoms with E-state index >= 15 is 0 Å². The Balaban J connectivity index is 1.86. The first-order valence-corrected chi connectivity index (χ1v) is 6.45. The van der Waals surface area contributed by atoms with Crippen LogP contribution in [0.25, 0.3) is 11.0 Å². The Morgan fingerprint density at radius 3 is 2.81 bits per heavy atom. The van der Waals surface area contributed by atoms with E-state index in [1.165, 1.54) is 6.07 Å². The van der Waals surface area contributed by atoms with Gasteiger partial charge in [-0.3, -0.25) is 14.9 Å². The molecule has 1 aliphatic rings. The molecule has 1 aromatic carbocycles. The van der Waals surface area contributed by atoms with E-state index in [4.69, 9.17) is 5.11 Å². The summed E-state index contributed by atoms with van der Waals surface area (Å²) >= 11 is 0. The topological polar surface area (TPSA) is 131 Å². The highest BCUT2D eigenvalue weighted by Gasteiger charge is 2.30. The number of nitrogens with zero attached hydrogens (tertiary/aromatic N) is 3. The van der Waals surface area contributed by atoms with Gasteiger partial charge in [0.1, 0.15) is 0 Å². The molecule has 1 fully saturated rings. The van der Waals surface area contributed by atoms with Crippen LogP contribution < -0.4 is 5.32 Å². The molecule has 0 radical (unpaired) electrons. The minimum absolute atomic E-state index is 0.00699. The number of benzene rings is 1. The van der Waals surface area contributed by atoms with Crippen molar-refractivity contribution in [1.29, 1.82) is 0 Å². The number of aliphatic carboxylic acids is 1. The fourth-order valence-corrected chi connectivity index (χ4v) is 2.67. The van der Waals surface area contributed by atoms with Crippen LogP contribution in [0.2, 0.25) is 0 Å². The van der Waals surface area contributed by atoms with Crippen molar-refractivity contribution in [2.45, 2.75) is 25.3 Å². The molecule has 1 saturated carbocycles. The van der Waals surface area contributed by atoms with Crippen molar-refractivity contribution in [3.05, 3.63) is 22.2 Å². The van der Waals surface area contributed by atoms with E-state index in [-0.39, 0.29) is 28.7 Å². The van der Waals surface area contributed by atoms with Crippen LogP contribution in [0.3, 0.4) is 0 Å². The van der Waals surface area contributed by atoms with Crippen LogP contribution in [-0.4, -0.2) is 32.4 Å². The van der Waals surface area contributed by atoms with Crippen LogP contribution in [0.15, 0.2) is 16.8 Å². The van der Waals surface area contributed by atoms with Gasteiger partial charge in [0.25, 0.3) is 0 Å². The van der Waals surface area contributed by atoms with Gasteiger partial charge in [-0.05, 0) is 35.6 Å². The first-order valence-electron chi connectivity index (χ1n) is 6.45. The monoisotopic (exact) mass is 292 g/mol. The molecule has 0 bridgehead atoms. The number of nitro benzene ring substituents is 1. The molecule has 0 spiro atoms. The van der Waals surface area contributed by atoms with Gasteiger partial charge >= 0.3 is 11.7 Å². The number of nitro groups is 1. The van der Waals surface area contributed by atoms with Crippen molar-refractivity contribution in [1.82, 2.24) is 10.3 Å². The Morgan fingerprint density at radius 1 is 1.38 bits per heavy atom. The number of nitrogens with one attached hydrogen (secondary N) is 1. The lowest BCUT2D eigenvalue weighted by atomic mass is 10.1. The Bertz CT molecular complexity index is 713. The summed E-state index contributed by atoms with van der Waals surface area (Å²) in [6.45, 7) is 0. The second kappa shape index (κ2) is 5.00. The summed E-state index contributed by atoms with van der Waals surface area (Å²) in [5.41, 5.74) is 0.750. The van der Waals surface area contributed by atoms with E-state index < -0.39 is 10.9 Å². The van der Waals surface area contributed by atoms with Gasteiger partial charge in [0, 0.05) is 12.1 Å². The van der Waals surface area contributed by atoms with E-state index in [0.717, 1.165) is 6.42 Å². The number of carbonyl (C=O) groups is 1. The van der Waals surface area contributed by atoms with E-state index in [2.05, 4.69) is 20.3 Å². The molecule has 2 aromatic rings. The van der Waals surface area contributed by atoms with E-state index in [9.17, 15) is 14.9 Å². The zero-order valence-corrected chi connectivity index (χ0v) is 10.9. The molecule has 0 saturated heterocycles. The maximum atomic E-state index is 11.0. The van der Waals surface area contributed by atoms with Crippen LogP contribution in [0, 0.1) is 16.0 Å². The van der Waals surface area contributed by atoms with Gasteiger partial charge in [0.05, 0.1) is 16.5 Å². The van der Waals surface area contributed by atoms with Gasteiger partial charge in [-0.15, -0.1) is 0 Å². The predicted octanol–water partition coefficient (Wildman–Crippen LogP) is 1.80. The second-order valence-corrected chi connectivity index (χ2v) is 5.04. The first kappa shape index (κ1) is 13.3. The minimum Gasteiger partial charge on any atom is -0.481 e. The van der Waals surface area contributed by atoms with Gasteiger partial charge in [0.2, 0.25) is 5.52 Å². The summed E-state index contributed by atoms with van der Waals surface area (Å²) in [6.07, 6.45) is 1.85.